The Labute approximate surface area is 110 Å². The highest BCUT2D eigenvalue weighted by atomic mass is 16.2. The van der Waals surface area contributed by atoms with Crippen LogP contribution in [0.15, 0.2) is 23.0 Å². The molecule has 0 aromatic carbocycles. The van der Waals surface area contributed by atoms with E-state index in [-0.39, 0.29) is 17.2 Å². The lowest BCUT2D eigenvalue weighted by Crippen LogP contribution is -2.25. The zero-order valence-electron chi connectivity index (χ0n) is 11.2. The number of H-pyrrole nitrogens is 1. The van der Waals surface area contributed by atoms with Crippen LogP contribution in [0.2, 0.25) is 0 Å². The first kappa shape index (κ1) is 13.1. The minimum Gasteiger partial charge on any atom is -0.352 e. The minimum absolute atomic E-state index is 0.199. The molecule has 0 aliphatic carbocycles. The van der Waals surface area contributed by atoms with E-state index >= 15 is 0 Å². The van der Waals surface area contributed by atoms with E-state index in [2.05, 4.69) is 20.1 Å². The first-order valence-corrected chi connectivity index (χ1v) is 5.95. The highest BCUT2D eigenvalue weighted by molar-refractivity contribution is 5.91. The molecule has 0 unspecified atom stereocenters. The van der Waals surface area contributed by atoms with Crippen LogP contribution in [0, 0.1) is 13.8 Å². The number of aromatic nitrogens is 3. The van der Waals surface area contributed by atoms with Crippen molar-refractivity contribution in [2.45, 2.75) is 20.4 Å². The maximum Gasteiger partial charge on any atom is 0.271 e. The highest BCUT2D eigenvalue weighted by Gasteiger charge is 2.10. The van der Waals surface area contributed by atoms with Gasteiger partial charge in [-0.2, -0.15) is 5.10 Å². The van der Waals surface area contributed by atoms with Crippen molar-refractivity contribution in [2.75, 3.05) is 0 Å². The van der Waals surface area contributed by atoms with Gasteiger partial charge < -0.3 is 9.88 Å². The topological polar surface area (TPSA) is 79.8 Å². The van der Waals surface area contributed by atoms with Gasteiger partial charge in [-0.05, 0) is 31.5 Å². The van der Waals surface area contributed by atoms with Crippen molar-refractivity contribution in [1.29, 1.82) is 0 Å². The van der Waals surface area contributed by atoms with Crippen molar-refractivity contribution in [1.82, 2.24) is 20.1 Å². The second-order valence-corrected chi connectivity index (χ2v) is 4.44. The van der Waals surface area contributed by atoms with Crippen LogP contribution in [0.3, 0.4) is 0 Å². The molecule has 0 saturated heterocycles. The van der Waals surface area contributed by atoms with Crippen molar-refractivity contribution in [3.8, 4) is 0 Å². The third-order valence-corrected chi connectivity index (χ3v) is 3.23. The van der Waals surface area contributed by atoms with Gasteiger partial charge >= 0.3 is 0 Å². The Balaban J connectivity index is 2.06. The Kier molecular flexibility index (Phi) is 3.50. The summed E-state index contributed by atoms with van der Waals surface area (Å²) in [7, 11) is 1.99. The second-order valence-electron chi connectivity index (χ2n) is 4.44. The summed E-state index contributed by atoms with van der Waals surface area (Å²) in [6.07, 6.45) is 0. The summed E-state index contributed by atoms with van der Waals surface area (Å²) in [4.78, 5) is 22.7. The normalized spacial score (nSPS) is 10.5. The van der Waals surface area contributed by atoms with Gasteiger partial charge in [-0.15, -0.1) is 0 Å². The van der Waals surface area contributed by atoms with Crippen LogP contribution in [-0.2, 0) is 13.6 Å². The minimum atomic E-state index is -0.328. The smallest absolute Gasteiger partial charge is 0.271 e. The van der Waals surface area contributed by atoms with Gasteiger partial charge in [0.1, 0.15) is 5.69 Å². The molecule has 0 aliphatic rings. The fourth-order valence-electron chi connectivity index (χ4n) is 1.85. The summed E-state index contributed by atoms with van der Waals surface area (Å²) >= 11 is 0. The van der Waals surface area contributed by atoms with Gasteiger partial charge in [-0.3, -0.25) is 9.59 Å². The number of carbonyl (C=O) groups is 1. The average Bonchev–Trinajstić information content (AvgIpc) is 2.64. The van der Waals surface area contributed by atoms with E-state index in [0.29, 0.717) is 6.54 Å². The van der Waals surface area contributed by atoms with Crippen LogP contribution in [-0.4, -0.2) is 20.7 Å². The summed E-state index contributed by atoms with van der Waals surface area (Å²) in [6, 6.07) is 4.72. The summed E-state index contributed by atoms with van der Waals surface area (Å²) in [5.74, 6) is -0.308. The van der Waals surface area contributed by atoms with E-state index in [4.69, 9.17) is 0 Å². The van der Waals surface area contributed by atoms with E-state index < -0.39 is 0 Å². The molecule has 0 saturated carbocycles. The van der Waals surface area contributed by atoms with E-state index in [1.807, 2.05) is 27.0 Å². The van der Waals surface area contributed by atoms with Gasteiger partial charge in [-0.25, -0.2) is 5.10 Å². The lowest BCUT2D eigenvalue weighted by atomic mass is 10.2. The van der Waals surface area contributed by atoms with E-state index in [0.717, 1.165) is 17.0 Å². The van der Waals surface area contributed by atoms with Crippen molar-refractivity contribution in [2.24, 2.45) is 7.05 Å². The van der Waals surface area contributed by atoms with Crippen LogP contribution in [0.25, 0.3) is 0 Å². The largest absolute Gasteiger partial charge is 0.352 e. The Morgan fingerprint density at radius 1 is 1.42 bits per heavy atom. The molecule has 0 atom stereocenters. The molecular weight excluding hydrogens is 244 g/mol. The SMILES string of the molecule is Cc1cc(CNC(=O)c2ccc(=O)[nH]n2)c(C)n1C. The molecule has 0 spiro atoms. The van der Waals surface area contributed by atoms with Crippen molar-refractivity contribution in [3.63, 3.8) is 0 Å². The Hall–Kier alpha value is -2.37. The molecule has 0 bridgehead atoms. The van der Waals surface area contributed by atoms with Crippen molar-refractivity contribution < 1.29 is 4.79 Å². The average molecular weight is 260 g/mol. The Morgan fingerprint density at radius 3 is 2.68 bits per heavy atom. The molecular formula is C13H16N4O2. The second kappa shape index (κ2) is 5.09. The number of amides is 1. The molecule has 0 fully saturated rings. The number of aromatic amines is 1. The maximum absolute atomic E-state index is 11.8. The third kappa shape index (κ3) is 2.73. The first-order chi connectivity index (χ1) is 8.99. The lowest BCUT2D eigenvalue weighted by Gasteiger charge is -2.05. The summed E-state index contributed by atoms with van der Waals surface area (Å²) in [6.45, 7) is 4.46. The highest BCUT2D eigenvalue weighted by Crippen LogP contribution is 2.12. The van der Waals surface area contributed by atoms with Crippen LogP contribution < -0.4 is 10.9 Å². The van der Waals surface area contributed by atoms with Gasteiger partial charge in [0.2, 0.25) is 0 Å². The Bertz CT molecular complexity index is 649. The van der Waals surface area contributed by atoms with Crippen LogP contribution >= 0.6 is 0 Å². The fraction of sp³-hybridized carbons (Fsp3) is 0.308. The zero-order valence-corrected chi connectivity index (χ0v) is 11.2. The monoisotopic (exact) mass is 260 g/mol. The quantitative estimate of drug-likeness (QED) is 0.850. The Morgan fingerprint density at radius 2 is 2.16 bits per heavy atom. The number of nitrogens with zero attached hydrogens (tertiary/aromatic N) is 2. The number of nitrogens with one attached hydrogen (secondary N) is 2. The molecule has 6 heteroatoms. The summed E-state index contributed by atoms with van der Waals surface area (Å²) in [5.41, 5.74) is 3.20. The van der Waals surface area contributed by atoms with Gasteiger partial charge in [0.15, 0.2) is 0 Å². The molecule has 2 N–H and O–H groups in total. The van der Waals surface area contributed by atoms with E-state index in [9.17, 15) is 9.59 Å². The molecule has 0 radical (unpaired) electrons. The molecule has 19 heavy (non-hydrogen) atoms. The van der Waals surface area contributed by atoms with E-state index in [1.54, 1.807) is 0 Å². The predicted octanol–water partition coefficient (Wildman–Crippen LogP) is 0.655. The van der Waals surface area contributed by atoms with Crippen LogP contribution in [0.5, 0.6) is 0 Å². The molecule has 6 nitrogen and oxygen atoms in total. The third-order valence-electron chi connectivity index (χ3n) is 3.23. The fourth-order valence-corrected chi connectivity index (χ4v) is 1.85. The molecule has 100 valence electrons. The van der Waals surface area contributed by atoms with Crippen LogP contribution in [0.4, 0.5) is 0 Å². The number of rotatable bonds is 3. The van der Waals surface area contributed by atoms with Crippen molar-refractivity contribution >= 4 is 5.91 Å². The summed E-state index contributed by atoms with van der Waals surface area (Å²) in [5, 5.41) is 8.69. The van der Waals surface area contributed by atoms with Gasteiger partial charge in [0.25, 0.3) is 11.5 Å². The maximum atomic E-state index is 11.8. The molecule has 2 aromatic heterocycles. The van der Waals surface area contributed by atoms with Crippen molar-refractivity contribution in [3.05, 3.63) is 51.2 Å². The molecule has 0 aliphatic heterocycles. The first-order valence-electron chi connectivity index (χ1n) is 5.95. The predicted molar refractivity (Wildman–Crippen MR) is 70.9 cm³/mol. The van der Waals surface area contributed by atoms with Gasteiger partial charge in [0, 0.05) is 31.0 Å². The van der Waals surface area contributed by atoms with Crippen LogP contribution in [0.1, 0.15) is 27.4 Å². The molecule has 2 heterocycles. The number of carbonyl (C=O) groups excluding carboxylic acids is 1. The number of hydrogen-bond donors (Lipinski definition) is 2. The standard InChI is InChI=1S/C13H16N4O2/c1-8-6-10(9(2)17(8)3)7-14-13(19)11-4-5-12(18)16-15-11/h4-6H,7H2,1-3H3,(H,14,19)(H,16,18). The summed E-state index contributed by atoms with van der Waals surface area (Å²) < 4.78 is 2.07. The molecule has 1 amide bonds. The van der Waals surface area contributed by atoms with E-state index in [1.165, 1.54) is 12.1 Å². The van der Waals surface area contributed by atoms with Gasteiger partial charge in [0.05, 0.1) is 0 Å². The van der Waals surface area contributed by atoms with Gasteiger partial charge in [-0.1, -0.05) is 0 Å². The molecule has 2 aromatic rings. The molecule has 2 rings (SSSR count). The number of hydrogen-bond acceptors (Lipinski definition) is 3. The zero-order chi connectivity index (χ0) is 14.0. The lowest BCUT2D eigenvalue weighted by molar-refractivity contribution is 0.0944. The number of aryl methyl sites for hydroxylation is 1.